The fourth-order valence-corrected chi connectivity index (χ4v) is 5.64. The zero-order valence-corrected chi connectivity index (χ0v) is 21.8. The minimum atomic E-state index is -3.84. The first-order valence-corrected chi connectivity index (χ1v) is 13.8. The molecule has 2 aromatic rings. The van der Waals surface area contributed by atoms with Gasteiger partial charge in [0.25, 0.3) is 0 Å². The van der Waals surface area contributed by atoms with Gasteiger partial charge < -0.3 is 10.2 Å². The van der Waals surface area contributed by atoms with Crippen LogP contribution < -0.4 is 5.32 Å². The summed E-state index contributed by atoms with van der Waals surface area (Å²) in [5, 5.41) is 3.11. The maximum atomic E-state index is 13.5. The van der Waals surface area contributed by atoms with Crippen molar-refractivity contribution in [3.05, 3.63) is 65.7 Å². The van der Waals surface area contributed by atoms with E-state index >= 15 is 0 Å². The summed E-state index contributed by atoms with van der Waals surface area (Å²) in [4.78, 5) is 28.4. The van der Waals surface area contributed by atoms with Gasteiger partial charge in [-0.25, -0.2) is 8.42 Å². The van der Waals surface area contributed by atoms with Crippen molar-refractivity contribution in [1.29, 1.82) is 0 Å². The number of carbonyl (C=O) groups excluding carboxylic acids is 2. The van der Waals surface area contributed by atoms with Crippen LogP contribution in [0.4, 0.5) is 0 Å². The second-order valence-corrected chi connectivity index (χ2v) is 11.4. The lowest BCUT2D eigenvalue weighted by Gasteiger charge is -2.32. The maximum Gasteiger partial charge on any atom is 0.243 e. The zero-order valence-electron chi connectivity index (χ0n) is 20.9. The van der Waals surface area contributed by atoms with E-state index in [4.69, 9.17) is 0 Å². The van der Waals surface area contributed by atoms with E-state index in [9.17, 15) is 18.0 Å². The number of nitrogens with one attached hydrogen (secondary N) is 1. The average molecular weight is 500 g/mol. The number of nitrogens with zero attached hydrogens (tertiary/aromatic N) is 2. The Bertz CT molecular complexity index is 1080. The summed E-state index contributed by atoms with van der Waals surface area (Å²) >= 11 is 0. The van der Waals surface area contributed by atoms with Gasteiger partial charge in [0.1, 0.15) is 6.04 Å². The molecule has 0 heterocycles. The molecule has 0 saturated heterocycles. The van der Waals surface area contributed by atoms with Gasteiger partial charge in [0, 0.05) is 19.6 Å². The molecule has 8 heteroatoms. The van der Waals surface area contributed by atoms with Crippen molar-refractivity contribution in [3.8, 4) is 0 Å². The van der Waals surface area contributed by atoms with Crippen LogP contribution in [0.5, 0.6) is 0 Å². The molecule has 0 aromatic heterocycles. The number of sulfonamides is 1. The largest absolute Gasteiger partial charge is 0.352 e. The maximum absolute atomic E-state index is 13.5. The highest BCUT2D eigenvalue weighted by molar-refractivity contribution is 7.89. The van der Waals surface area contributed by atoms with Crippen LogP contribution in [0.2, 0.25) is 0 Å². The Balaban J connectivity index is 1.78. The van der Waals surface area contributed by atoms with Gasteiger partial charge in [0.15, 0.2) is 0 Å². The lowest BCUT2D eigenvalue weighted by atomic mass is 10.1. The minimum Gasteiger partial charge on any atom is -0.352 e. The van der Waals surface area contributed by atoms with Crippen LogP contribution in [0.25, 0.3) is 0 Å². The SMILES string of the molecule is CCC(C(=O)NC1CCCC1)N(CCc1ccccc1)C(=O)CN(C)S(=O)(=O)c1ccc(C)cc1. The van der Waals surface area contributed by atoms with Crippen molar-refractivity contribution < 1.29 is 18.0 Å². The summed E-state index contributed by atoms with van der Waals surface area (Å²) in [6.07, 6.45) is 5.14. The number of benzene rings is 2. The van der Waals surface area contributed by atoms with Crippen LogP contribution in [0.1, 0.15) is 50.2 Å². The van der Waals surface area contributed by atoms with E-state index in [-0.39, 0.29) is 29.3 Å². The molecular weight excluding hydrogens is 462 g/mol. The van der Waals surface area contributed by atoms with E-state index in [1.807, 2.05) is 44.2 Å². The molecule has 1 saturated carbocycles. The third-order valence-electron chi connectivity index (χ3n) is 6.66. The summed E-state index contributed by atoms with van der Waals surface area (Å²) < 4.78 is 27.2. The summed E-state index contributed by atoms with van der Waals surface area (Å²) in [5.41, 5.74) is 2.01. The van der Waals surface area contributed by atoms with Gasteiger partial charge in [-0.3, -0.25) is 9.59 Å². The quantitative estimate of drug-likeness (QED) is 0.513. The first-order valence-electron chi connectivity index (χ1n) is 12.4. The molecule has 190 valence electrons. The summed E-state index contributed by atoms with van der Waals surface area (Å²) in [5.74, 6) is -0.544. The van der Waals surface area contributed by atoms with Gasteiger partial charge in [-0.05, 0) is 50.3 Å². The molecule has 0 bridgehead atoms. The molecule has 0 radical (unpaired) electrons. The molecule has 35 heavy (non-hydrogen) atoms. The van der Waals surface area contributed by atoms with Crippen molar-refractivity contribution >= 4 is 21.8 Å². The van der Waals surface area contributed by atoms with Crippen LogP contribution in [0.15, 0.2) is 59.5 Å². The first-order chi connectivity index (χ1) is 16.7. The molecule has 7 nitrogen and oxygen atoms in total. The Morgan fingerprint density at radius 1 is 1.03 bits per heavy atom. The Labute approximate surface area is 209 Å². The van der Waals surface area contributed by atoms with Crippen LogP contribution in [0.3, 0.4) is 0 Å². The molecule has 2 amide bonds. The van der Waals surface area contributed by atoms with Crippen LogP contribution in [0, 0.1) is 6.92 Å². The number of hydrogen-bond acceptors (Lipinski definition) is 4. The summed E-state index contributed by atoms with van der Waals surface area (Å²) in [6.45, 7) is 3.76. The molecule has 0 spiro atoms. The highest BCUT2D eigenvalue weighted by Gasteiger charge is 2.32. The number of carbonyl (C=O) groups is 2. The highest BCUT2D eigenvalue weighted by Crippen LogP contribution is 2.19. The van der Waals surface area contributed by atoms with Crippen molar-refractivity contribution in [1.82, 2.24) is 14.5 Å². The van der Waals surface area contributed by atoms with Crippen LogP contribution in [-0.4, -0.2) is 61.7 Å². The standard InChI is InChI=1S/C27H37N3O4S/c1-4-25(27(32)28-23-12-8-9-13-23)30(19-18-22-10-6-5-7-11-22)26(31)20-29(3)35(33,34)24-16-14-21(2)15-17-24/h5-7,10-11,14-17,23,25H,4,8-9,12-13,18-20H2,1-3H3,(H,28,32). The number of amides is 2. The fourth-order valence-electron chi connectivity index (χ4n) is 4.52. The molecule has 1 N–H and O–H groups in total. The fraction of sp³-hybridized carbons (Fsp3) is 0.481. The number of aryl methyl sites for hydroxylation is 1. The van der Waals surface area contributed by atoms with Crippen molar-refractivity contribution in [2.24, 2.45) is 0 Å². The molecule has 3 rings (SSSR count). The van der Waals surface area contributed by atoms with Gasteiger partial charge in [-0.1, -0.05) is 67.8 Å². The molecule has 1 aliphatic carbocycles. The Morgan fingerprint density at radius 2 is 1.66 bits per heavy atom. The minimum absolute atomic E-state index is 0.139. The van der Waals surface area contributed by atoms with Crippen molar-refractivity contribution in [3.63, 3.8) is 0 Å². The Hall–Kier alpha value is -2.71. The molecule has 1 unspecified atom stereocenters. The van der Waals surface area contributed by atoms with E-state index in [2.05, 4.69) is 5.32 Å². The lowest BCUT2D eigenvalue weighted by Crippen LogP contribution is -2.54. The summed E-state index contributed by atoms with van der Waals surface area (Å²) in [7, 11) is -2.43. The van der Waals surface area contributed by atoms with Crippen LogP contribution in [-0.2, 0) is 26.0 Å². The number of likely N-dealkylation sites (N-methyl/N-ethyl adjacent to an activating group) is 1. The van der Waals surface area contributed by atoms with E-state index in [1.165, 1.54) is 7.05 Å². The lowest BCUT2D eigenvalue weighted by molar-refractivity contribution is -0.141. The second-order valence-electron chi connectivity index (χ2n) is 9.31. The Morgan fingerprint density at radius 3 is 2.26 bits per heavy atom. The molecule has 0 aliphatic heterocycles. The molecule has 1 aliphatic rings. The van der Waals surface area contributed by atoms with E-state index < -0.39 is 16.1 Å². The molecule has 1 atom stereocenters. The van der Waals surface area contributed by atoms with E-state index in [1.54, 1.807) is 29.2 Å². The third-order valence-corrected chi connectivity index (χ3v) is 8.48. The number of rotatable bonds is 11. The molecular formula is C27H37N3O4S. The average Bonchev–Trinajstić information content (AvgIpc) is 3.35. The molecule has 1 fully saturated rings. The topological polar surface area (TPSA) is 86.8 Å². The van der Waals surface area contributed by atoms with Gasteiger partial charge >= 0.3 is 0 Å². The molecule has 2 aromatic carbocycles. The normalized spacial score (nSPS) is 15.2. The predicted octanol–water partition coefficient (Wildman–Crippen LogP) is 3.52. The van der Waals surface area contributed by atoms with Gasteiger partial charge in [-0.15, -0.1) is 0 Å². The summed E-state index contributed by atoms with van der Waals surface area (Å²) in [6, 6.07) is 15.8. The van der Waals surface area contributed by atoms with Crippen molar-refractivity contribution in [2.45, 2.75) is 69.4 Å². The van der Waals surface area contributed by atoms with E-state index in [0.29, 0.717) is 19.4 Å². The van der Waals surface area contributed by atoms with Crippen molar-refractivity contribution in [2.75, 3.05) is 20.1 Å². The van der Waals surface area contributed by atoms with Gasteiger partial charge in [0.2, 0.25) is 21.8 Å². The van der Waals surface area contributed by atoms with Crippen LogP contribution >= 0.6 is 0 Å². The van der Waals surface area contributed by atoms with E-state index in [0.717, 1.165) is 41.1 Å². The third kappa shape index (κ3) is 7.15. The second kappa shape index (κ2) is 12.3. The predicted molar refractivity (Wildman–Crippen MR) is 137 cm³/mol. The highest BCUT2D eigenvalue weighted by atomic mass is 32.2. The zero-order chi connectivity index (χ0) is 25.4. The Kier molecular flexibility index (Phi) is 9.46. The first kappa shape index (κ1) is 26.9. The monoisotopic (exact) mass is 499 g/mol. The smallest absolute Gasteiger partial charge is 0.243 e. The number of hydrogen-bond donors (Lipinski definition) is 1. The van der Waals surface area contributed by atoms with Gasteiger partial charge in [0.05, 0.1) is 11.4 Å². The van der Waals surface area contributed by atoms with Gasteiger partial charge in [-0.2, -0.15) is 4.31 Å².